The molecule has 1 N–H and O–H groups in total. The van der Waals surface area contributed by atoms with E-state index in [1.54, 1.807) is 24.4 Å². The van der Waals surface area contributed by atoms with E-state index in [0.29, 0.717) is 23.7 Å². The van der Waals surface area contributed by atoms with Gasteiger partial charge in [-0.1, -0.05) is 12.1 Å². The summed E-state index contributed by atoms with van der Waals surface area (Å²) in [6.45, 7) is 5.06. The number of alkyl halides is 3. The second kappa shape index (κ2) is 13.7. The van der Waals surface area contributed by atoms with Gasteiger partial charge in [0.05, 0.1) is 20.8 Å². The van der Waals surface area contributed by atoms with Crippen LogP contribution in [-0.4, -0.2) is 59.3 Å². The summed E-state index contributed by atoms with van der Waals surface area (Å²) < 4.78 is 53.0. The van der Waals surface area contributed by atoms with Crippen molar-refractivity contribution in [2.75, 3.05) is 26.2 Å². The van der Waals surface area contributed by atoms with Gasteiger partial charge in [-0.2, -0.15) is 13.2 Å². The third-order valence-corrected chi connectivity index (χ3v) is 8.19. The van der Waals surface area contributed by atoms with Crippen LogP contribution in [0.25, 0.3) is 20.8 Å². The fourth-order valence-electron chi connectivity index (χ4n) is 4.71. The topological polar surface area (TPSA) is 84.4 Å². The zero-order valence-electron chi connectivity index (χ0n) is 23.2. The highest BCUT2D eigenvalue weighted by atomic mass is 32.1. The molecule has 2 fully saturated rings. The minimum absolute atomic E-state index is 0.135. The fourth-order valence-corrected chi connectivity index (χ4v) is 5.75. The monoisotopic (exact) mass is 614 g/mol. The number of thiophene rings is 1. The minimum Gasteiger partial charge on any atom is -0.453 e. The van der Waals surface area contributed by atoms with Gasteiger partial charge in [0.2, 0.25) is 6.29 Å². The number of aldehydes is 1. The molecule has 4 heterocycles. The number of piperazine rings is 1. The summed E-state index contributed by atoms with van der Waals surface area (Å²) in [5.41, 5.74) is 3.54. The molecule has 43 heavy (non-hydrogen) atoms. The minimum atomic E-state index is -4.64. The Kier molecular flexibility index (Phi) is 9.79. The lowest BCUT2D eigenvalue weighted by Gasteiger charge is -2.27. The van der Waals surface area contributed by atoms with E-state index >= 15 is 0 Å². The zero-order valence-corrected chi connectivity index (χ0v) is 24.0. The number of aromatic nitrogens is 2. The number of nitrogens with one attached hydrogen (secondary N) is 1. The van der Waals surface area contributed by atoms with Crippen molar-refractivity contribution in [3.05, 3.63) is 71.8 Å². The number of pyridine rings is 2. The summed E-state index contributed by atoms with van der Waals surface area (Å²) in [5.74, 6) is 0.919. The van der Waals surface area contributed by atoms with Crippen molar-refractivity contribution in [1.82, 2.24) is 20.2 Å². The molecule has 4 aromatic rings. The molecule has 0 bridgehead atoms. The lowest BCUT2D eigenvalue weighted by molar-refractivity contribution is -0.156. The number of ketones is 1. The van der Waals surface area contributed by atoms with Crippen LogP contribution in [0.1, 0.15) is 30.4 Å². The van der Waals surface area contributed by atoms with Crippen molar-refractivity contribution in [3.8, 4) is 22.1 Å². The van der Waals surface area contributed by atoms with Crippen LogP contribution in [0.3, 0.4) is 0 Å². The maximum Gasteiger partial charge on any atom is 0.446 e. The van der Waals surface area contributed by atoms with E-state index < -0.39 is 18.3 Å². The summed E-state index contributed by atoms with van der Waals surface area (Å²) in [5, 5.41) is 3.38. The van der Waals surface area contributed by atoms with E-state index in [4.69, 9.17) is 14.5 Å². The predicted molar refractivity (Wildman–Crippen MR) is 156 cm³/mol. The van der Waals surface area contributed by atoms with Gasteiger partial charge in [0.25, 0.3) is 0 Å². The van der Waals surface area contributed by atoms with Gasteiger partial charge in [-0.05, 0) is 54.2 Å². The number of hydrogen-bond acceptors (Lipinski definition) is 8. The number of nitrogens with zero attached hydrogens (tertiary/aromatic N) is 3. The van der Waals surface area contributed by atoms with E-state index in [2.05, 4.69) is 21.3 Å². The molecular weight excluding hydrogens is 584 g/mol. The maximum atomic E-state index is 14.9. The zero-order chi connectivity index (χ0) is 30.4. The van der Waals surface area contributed by atoms with E-state index in [0.717, 1.165) is 66.4 Å². The Bertz CT molecular complexity index is 1570. The predicted octanol–water partition coefficient (Wildman–Crippen LogP) is 6.35. The van der Waals surface area contributed by atoms with Gasteiger partial charge in [-0.3, -0.25) is 24.5 Å². The Morgan fingerprint density at radius 3 is 2.44 bits per heavy atom. The molecule has 1 saturated heterocycles. The largest absolute Gasteiger partial charge is 0.453 e. The van der Waals surface area contributed by atoms with Crippen molar-refractivity contribution < 1.29 is 31.9 Å². The third kappa shape index (κ3) is 8.88. The maximum absolute atomic E-state index is 14.9. The highest BCUT2D eigenvalue weighted by Gasteiger charge is 2.25. The molecule has 0 radical (unpaired) electrons. The third-order valence-electron chi connectivity index (χ3n) is 7.03. The molecule has 7 nitrogen and oxygen atoms in total. The number of fused-ring (bicyclic) bond motifs is 1. The second-order valence-electron chi connectivity index (χ2n) is 10.6. The number of Topliss-reactive ketones (excluding diaryl/α,β-unsaturated/α-hetero) is 1. The van der Waals surface area contributed by atoms with Crippen LogP contribution in [-0.2, 0) is 22.6 Å². The van der Waals surface area contributed by atoms with Crippen LogP contribution in [0.4, 0.5) is 17.6 Å². The first-order chi connectivity index (χ1) is 20.7. The number of carbonyl (C=O) groups excluding carboxylic acids is 2. The van der Waals surface area contributed by atoms with Crippen LogP contribution >= 0.6 is 11.3 Å². The lowest BCUT2D eigenvalue weighted by atomic mass is 10.0. The normalized spacial score (nSPS) is 15.5. The Balaban J connectivity index is 0.000000559. The Labute approximate surface area is 249 Å². The van der Waals surface area contributed by atoms with Gasteiger partial charge >= 0.3 is 6.18 Å². The lowest BCUT2D eigenvalue weighted by Crippen LogP contribution is -2.42. The molecule has 0 atom stereocenters. The molecule has 6 rings (SSSR count). The number of benzene rings is 1. The molecule has 226 valence electrons. The van der Waals surface area contributed by atoms with Gasteiger partial charge in [0.15, 0.2) is 11.6 Å². The smallest absolute Gasteiger partial charge is 0.446 e. The molecule has 1 aliphatic heterocycles. The van der Waals surface area contributed by atoms with Gasteiger partial charge in [0.1, 0.15) is 11.5 Å². The second-order valence-corrected chi connectivity index (χ2v) is 11.7. The number of hydrogen-bond donors (Lipinski definition) is 1. The highest BCUT2D eigenvalue weighted by Crippen LogP contribution is 2.39. The van der Waals surface area contributed by atoms with Gasteiger partial charge < -0.3 is 10.1 Å². The molecule has 0 amide bonds. The summed E-state index contributed by atoms with van der Waals surface area (Å²) in [6.07, 6.45) is 1.05. The Morgan fingerprint density at radius 1 is 1.05 bits per heavy atom. The molecule has 2 aliphatic rings. The molecule has 3 aromatic heterocycles. The standard InChI is InChI=1S/C29H29FN4O2S.C2HF3O/c30-23-15-20(14-22(35)13-19-1-2-19)4-6-26(23)36-27-7-8-32-25-16-28(37-29(25)27)24-5-3-21(17-33-24)18-34-11-9-31-10-12-34;3-2(4,5)1-6/h3-8,15-17,19,31H,1-2,9-14,18H2;1H. The van der Waals surface area contributed by atoms with Gasteiger partial charge in [-0.15, -0.1) is 11.3 Å². The summed E-state index contributed by atoms with van der Waals surface area (Å²) in [6, 6.07) is 12.7. The average molecular weight is 615 g/mol. The van der Waals surface area contributed by atoms with Crippen molar-refractivity contribution in [2.24, 2.45) is 5.92 Å². The molecule has 0 unspecified atom stereocenters. The quantitative estimate of drug-likeness (QED) is 0.174. The van der Waals surface area contributed by atoms with Crippen molar-refractivity contribution in [3.63, 3.8) is 0 Å². The first kappa shape index (κ1) is 30.7. The number of halogens is 4. The SMILES string of the molecule is O=C(Cc1ccc(Oc2ccnc3cc(-c4ccc(CN5CCNCC5)cn4)sc23)c(F)c1)CC1CC1.O=CC(F)(F)F. The van der Waals surface area contributed by atoms with Gasteiger partial charge in [-0.25, -0.2) is 4.39 Å². The molecule has 1 aromatic carbocycles. The van der Waals surface area contributed by atoms with E-state index in [1.165, 1.54) is 23.0 Å². The molecular formula is C31H30F4N4O3S. The Morgan fingerprint density at radius 2 is 1.79 bits per heavy atom. The van der Waals surface area contributed by atoms with E-state index in [1.807, 2.05) is 18.3 Å². The van der Waals surface area contributed by atoms with Crippen LogP contribution in [0, 0.1) is 11.7 Å². The van der Waals surface area contributed by atoms with Crippen LogP contribution < -0.4 is 10.1 Å². The van der Waals surface area contributed by atoms with Crippen LogP contribution in [0.5, 0.6) is 11.5 Å². The molecule has 1 aliphatic carbocycles. The van der Waals surface area contributed by atoms with E-state index in [9.17, 15) is 22.4 Å². The summed E-state index contributed by atoms with van der Waals surface area (Å²) in [7, 11) is 0. The number of ether oxygens (including phenoxy) is 1. The molecule has 1 saturated carbocycles. The van der Waals surface area contributed by atoms with Crippen LogP contribution in [0.2, 0.25) is 0 Å². The number of rotatable bonds is 9. The van der Waals surface area contributed by atoms with Crippen LogP contribution in [0.15, 0.2) is 54.9 Å². The fraction of sp³-hybridized carbons (Fsp3) is 0.355. The molecule has 0 spiro atoms. The summed E-state index contributed by atoms with van der Waals surface area (Å²) >= 11 is 1.53. The first-order valence-electron chi connectivity index (χ1n) is 13.9. The summed E-state index contributed by atoms with van der Waals surface area (Å²) in [4.78, 5) is 33.5. The Hall–Kier alpha value is -3.74. The first-order valence-corrected chi connectivity index (χ1v) is 14.8. The van der Waals surface area contributed by atoms with Crippen molar-refractivity contribution >= 4 is 33.6 Å². The molecule has 12 heteroatoms. The van der Waals surface area contributed by atoms with Crippen molar-refractivity contribution in [2.45, 2.75) is 38.4 Å². The van der Waals surface area contributed by atoms with E-state index in [-0.39, 0.29) is 18.0 Å². The average Bonchev–Trinajstić information content (AvgIpc) is 3.69. The van der Waals surface area contributed by atoms with Crippen molar-refractivity contribution in [1.29, 1.82) is 0 Å². The number of carbonyl (C=O) groups is 2. The highest BCUT2D eigenvalue weighted by molar-refractivity contribution is 7.22. The van der Waals surface area contributed by atoms with Gasteiger partial charge in [0, 0.05) is 64.0 Å².